The van der Waals surface area contributed by atoms with Gasteiger partial charge in [0, 0.05) is 16.0 Å². The largest absolute Gasteiger partial charge is 0.484 e. The third kappa shape index (κ3) is 3.72. The molecule has 0 fully saturated rings. The zero-order chi connectivity index (χ0) is 13.8. The third-order valence-corrected chi connectivity index (χ3v) is 3.57. The second-order valence-electron chi connectivity index (χ2n) is 4.31. The molecule has 2 aromatic rings. The average Bonchev–Trinajstić information content (AvgIpc) is 2.38. The molecule has 0 bridgehead atoms. The second kappa shape index (κ2) is 6.42. The molecular formula is C15H15BrClNO. The van der Waals surface area contributed by atoms with Crippen LogP contribution in [0.15, 0.2) is 46.9 Å². The van der Waals surface area contributed by atoms with Gasteiger partial charge in [-0.05, 0) is 48.4 Å². The van der Waals surface area contributed by atoms with E-state index < -0.39 is 0 Å². The van der Waals surface area contributed by atoms with E-state index in [1.165, 1.54) is 0 Å². The summed E-state index contributed by atoms with van der Waals surface area (Å²) in [5.41, 5.74) is 7.85. The van der Waals surface area contributed by atoms with Crippen LogP contribution in [0.4, 0.5) is 0 Å². The van der Waals surface area contributed by atoms with Gasteiger partial charge in [0.1, 0.15) is 11.9 Å². The molecule has 2 N–H and O–H groups in total. The number of aryl methyl sites for hydroxylation is 1. The number of nitrogens with two attached hydrogens (primary N) is 1. The molecule has 1 atom stereocenters. The Hall–Kier alpha value is -1.03. The summed E-state index contributed by atoms with van der Waals surface area (Å²) in [7, 11) is 0. The lowest BCUT2D eigenvalue weighted by Crippen LogP contribution is -2.18. The Kier molecular flexibility index (Phi) is 4.86. The van der Waals surface area contributed by atoms with E-state index in [0.29, 0.717) is 11.6 Å². The molecule has 0 spiro atoms. The summed E-state index contributed by atoms with van der Waals surface area (Å²) in [4.78, 5) is 0. The van der Waals surface area contributed by atoms with Crippen LogP contribution in [0.2, 0.25) is 5.02 Å². The normalized spacial score (nSPS) is 12.2. The quantitative estimate of drug-likeness (QED) is 0.890. The molecule has 0 amide bonds. The number of ether oxygens (including phenoxy) is 1. The predicted molar refractivity (Wildman–Crippen MR) is 82.8 cm³/mol. The van der Waals surface area contributed by atoms with E-state index in [0.717, 1.165) is 21.3 Å². The number of benzene rings is 2. The molecule has 2 nitrogen and oxygen atoms in total. The van der Waals surface area contributed by atoms with Gasteiger partial charge in [-0.3, -0.25) is 0 Å². The van der Waals surface area contributed by atoms with Crippen molar-refractivity contribution >= 4 is 27.5 Å². The Morgan fingerprint density at radius 3 is 2.68 bits per heavy atom. The average molecular weight is 341 g/mol. The first kappa shape index (κ1) is 14.4. The zero-order valence-corrected chi connectivity index (χ0v) is 12.9. The summed E-state index contributed by atoms with van der Waals surface area (Å²) in [6, 6.07) is 13.5. The molecule has 2 rings (SSSR count). The molecule has 2 aromatic carbocycles. The van der Waals surface area contributed by atoms with Gasteiger partial charge in [-0.1, -0.05) is 39.7 Å². The van der Waals surface area contributed by atoms with Gasteiger partial charge in [0.15, 0.2) is 0 Å². The molecule has 19 heavy (non-hydrogen) atoms. The molecule has 1 unspecified atom stereocenters. The van der Waals surface area contributed by atoms with Crippen molar-refractivity contribution < 1.29 is 4.74 Å². The molecule has 4 heteroatoms. The van der Waals surface area contributed by atoms with Crippen molar-refractivity contribution in [1.29, 1.82) is 0 Å². The van der Waals surface area contributed by atoms with Gasteiger partial charge in [0.2, 0.25) is 0 Å². The minimum absolute atomic E-state index is 0.196. The van der Waals surface area contributed by atoms with Crippen LogP contribution in [0, 0.1) is 6.92 Å². The maximum Gasteiger partial charge on any atom is 0.136 e. The van der Waals surface area contributed by atoms with Gasteiger partial charge in [-0.25, -0.2) is 0 Å². The van der Waals surface area contributed by atoms with Crippen molar-refractivity contribution in [1.82, 2.24) is 0 Å². The topological polar surface area (TPSA) is 35.2 Å². The Labute approximate surface area is 126 Å². The molecule has 0 aliphatic carbocycles. The van der Waals surface area contributed by atoms with Crippen LogP contribution in [0.25, 0.3) is 0 Å². The van der Waals surface area contributed by atoms with Crippen molar-refractivity contribution in [2.45, 2.75) is 13.0 Å². The van der Waals surface area contributed by atoms with Crippen LogP contribution >= 0.6 is 27.5 Å². The van der Waals surface area contributed by atoms with E-state index in [1.807, 2.05) is 49.4 Å². The highest BCUT2D eigenvalue weighted by Gasteiger charge is 2.13. The number of rotatable bonds is 4. The van der Waals surface area contributed by atoms with Crippen LogP contribution < -0.4 is 10.5 Å². The first-order valence-corrected chi connectivity index (χ1v) is 7.15. The van der Waals surface area contributed by atoms with Gasteiger partial charge in [-0.15, -0.1) is 0 Å². The SMILES string of the molecule is Cc1cc(Br)ccc1OC(CN)c1cccc(Cl)c1. The summed E-state index contributed by atoms with van der Waals surface area (Å²) < 4.78 is 7.02. The maximum absolute atomic E-state index is 6.00. The van der Waals surface area contributed by atoms with Gasteiger partial charge in [0.05, 0.1) is 0 Å². The van der Waals surface area contributed by atoms with E-state index in [-0.39, 0.29) is 6.10 Å². The lowest BCUT2D eigenvalue weighted by atomic mass is 10.1. The smallest absolute Gasteiger partial charge is 0.136 e. The summed E-state index contributed by atoms with van der Waals surface area (Å²) >= 11 is 9.43. The van der Waals surface area contributed by atoms with Crippen molar-refractivity contribution in [2.24, 2.45) is 5.73 Å². The van der Waals surface area contributed by atoms with Gasteiger partial charge >= 0.3 is 0 Å². The van der Waals surface area contributed by atoms with Gasteiger partial charge in [0.25, 0.3) is 0 Å². The van der Waals surface area contributed by atoms with E-state index in [1.54, 1.807) is 0 Å². The fourth-order valence-corrected chi connectivity index (χ4v) is 2.53. The van der Waals surface area contributed by atoms with Crippen LogP contribution in [-0.4, -0.2) is 6.54 Å². The summed E-state index contributed by atoms with van der Waals surface area (Å²) in [5, 5.41) is 0.687. The number of hydrogen-bond donors (Lipinski definition) is 1. The molecule has 100 valence electrons. The highest BCUT2D eigenvalue weighted by atomic mass is 79.9. The molecular weight excluding hydrogens is 326 g/mol. The van der Waals surface area contributed by atoms with E-state index in [2.05, 4.69) is 15.9 Å². The molecule has 0 heterocycles. The molecule has 0 aliphatic rings. The van der Waals surface area contributed by atoms with Gasteiger partial charge in [-0.2, -0.15) is 0 Å². The maximum atomic E-state index is 6.00. The summed E-state index contributed by atoms with van der Waals surface area (Å²) in [6.45, 7) is 2.40. The summed E-state index contributed by atoms with van der Waals surface area (Å²) in [6.07, 6.45) is -0.196. The lowest BCUT2D eigenvalue weighted by molar-refractivity contribution is 0.213. The fourth-order valence-electron chi connectivity index (χ4n) is 1.86. The Morgan fingerprint density at radius 1 is 1.26 bits per heavy atom. The molecule has 0 aliphatic heterocycles. The van der Waals surface area contributed by atoms with Crippen molar-refractivity contribution in [3.8, 4) is 5.75 Å². The van der Waals surface area contributed by atoms with E-state index >= 15 is 0 Å². The highest BCUT2D eigenvalue weighted by Crippen LogP contribution is 2.28. The van der Waals surface area contributed by atoms with Crippen molar-refractivity contribution in [3.05, 3.63) is 63.1 Å². The minimum atomic E-state index is -0.196. The monoisotopic (exact) mass is 339 g/mol. The van der Waals surface area contributed by atoms with E-state index in [9.17, 15) is 0 Å². The first-order valence-electron chi connectivity index (χ1n) is 5.98. The zero-order valence-electron chi connectivity index (χ0n) is 10.6. The molecule has 0 saturated heterocycles. The van der Waals surface area contributed by atoms with Crippen LogP contribution in [0.5, 0.6) is 5.75 Å². The molecule has 0 aromatic heterocycles. The standard InChI is InChI=1S/C15H15BrClNO/c1-10-7-12(16)5-6-14(10)19-15(9-18)11-3-2-4-13(17)8-11/h2-8,15H,9,18H2,1H3. The lowest BCUT2D eigenvalue weighted by Gasteiger charge is -2.19. The van der Waals surface area contributed by atoms with Crippen molar-refractivity contribution in [3.63, 3.8) is 0 Å². The Morgan fingerprint density at radius 2 is 2.05 bits per heavy atom. The first-order chi connectivity index (χ1) is 9.10. The van der Waals surface area contributed by atoms with Crippen molar-refractivity contribution in [2.75, 3.05) is 6.54 Å². The Balaban J connectivity index is 2.24. The third-order valence-electron chi connectivity index (χ3n) is 2.84. The van der Waals surface area contributed by atoms with Crippen LogP contribution in [-0.2, 0) is 0 Å². The molecule has 0 radical (unpaired) electrons. The van der Waals surface area contributed by atoms with E-state index in [4.69, 9.17) is 22.1 Å². The Bertz CT molecular complexity index is 574. The number of hydrogen-bond acceptors (Lipinski definition) is 2. The van der Waals surface area contributed by atoms with Gasteiger partial charge < -0.3 is 10.5 Å². The highest BCUT2D eigenvalue weighted by molar-refractivity contribution is 9.10. The number of halogens is 2. The predicted octanol–water partition coefficient (Wildman–Crippen LogP) is 4.49. The summed E-state index contributed by atoms with van der Waals surface area (Å²) in [5.74, 6) is 0.832. The molecule has 0 saturated carbocycles. The minimum Gasteiger partial charge on any atom is -0.484 e. The fraction of sp³-hybridized carbons (Fsp3) is 0.200. The van der Waals surface area contributed by atoms with Crippen LogP contribution in [0.3, 0.4) is 0 Å². The van der Waals surface area contributed by atoms with Crippen LogP contribution in [0.1, 0.15) is 17.2 Å². The second-order valence-corrected chi connectivity index (χ2v) is 5.66.